The molecule has 8 nitrogen and oxygen atoms in total. The first kappa shape index (κ1) is 15.7. The maximum atomic E-state index is 4.74. The van der Waals surface area contributed by atoms with Crippen LogP contribution in [0.1, 0.15) is 51.3 Å². The van der Waals surface area contributed by atoms with Crippen LogP contribution in [0.15, 0.2) is 24.8 Å². The average Bonchev–Trinajstić information content (AvgIpc) is 3.40. The van der Waals surface area contributed by atoms with E-state index in [1.807, 2.05) is 10.6 Å². The number of nitrogens with one attached hydrogen (secondary N) is 2. The molecule has 1 aliphatic rings. The van der Waals surface area contributed by atoms with Gasteiger partial charge in [-0.2, -0.15) is 4.52 Å². The Morgan fingerprint density at radius 1 is 1.16 bits per heavy atom. The monoisotopic (exact) mass is 338 g/mol. The lowest BCUT2D eigenvalue weighted by molar-refractivity contribution is 0.664. The zero-order valence-electron chi connectivity index (χ0n) is 14.5. The van der Waals surface area contributed by atoms with Crippen molar-refractivity contribution in [2.75, 3.05) is 10.6 Å². The first-order valence-electron chi connectivity index (χ1n) is 8.83. The van der Waals surface area contributed by atoms with Gasteiger partial charge in [0.25, 0.3) is 0 Å². The lowest BCUT2D eigenvalue weighted by Crippen LogP contribution is -2.19. The minimum absolute atomic E-state index is 0.388. The van der Waals surface area contributed by atoms with Gasteiger partial charge in [0.05, 0.1) is 23.8 Å². The second-order valence-electron chi connectivity index (χ2n) is 6.42. The molecule has 0 saturated heterocycles. The lowest BCUT2D eigenvalue weighted by Gasteiger charge is -2.17. The molecule has 0 bridgehead atoms. The van der Waals surface area contributed by atoms with Crippen molar-refractivity contribution in [3.8, 4) is 0 Å². The van der Waals surface area contributed by atoms with Crippen molar-refractivity contribution in [3.63, 3.8) is 0 Å². The molecule has 0 amide bonds. The molecule has 0 aromatic carbocycles. The van der Waals surface area contributed by atoms with Gasteiger partial charge in [0.15, 0.2) is 5.82 Å². The van der Waals surface area contributed by atoms with Crippen molar-refractivity contribution < 1.29 is 0 Å². The van der Waals surface area contributed by atoms with Crippen LogP contribution in [0.25, 0.3) is 5.65 Å². The molecular formula is C17H22N8. The fourth-order valence-corrected chi connectivity index (χ4v) is 2.88. The molecule has 8 heteroatoms. The van der Waals surface area contributed by atoms with Crippen LogP contribution in [-0.4, -0.2) is 35.8 Å². The number of rotatable bonds is 7. The Morgan fingerprint density at radius 3 is 2.60 bits per heavy atom. The summed E-state index contributed by atoms with van der Waals surface area (Å²) in [5.74, 6) is 2.23. The molecule has 3 aromatic rings. The molecule has 3 aromatic heterocycles. The normalized spacial score (nSPS) is 14.2. The van der Waals surface area contributed by atoms with Crippen molar-refractivity contribution in [2.24, 2.45) is 0 Å². The summed E-state index contributed by atoms with van der Waals surface area (Å²) in [5, 5.41) is 20.3. The Labute approximate surface area is 146 Å². The second kappa shape index (κ2) is 6.62. The van der Waals surface area contributed by atoms with Crippen molar-refractivity contribution >= 4 is 22.8 Å². The number of hydrogen-bond donors (Lipinski definition) is 2. The van der Waals surface area contributed by atoms with Crippen LogP contribution in [0, 0.1) is 0 Å². The van der Waals surface area contributed by atoms with Gasteiger partial charge in [0.1, 0.15) is 12.1 Å². The summed E-state index contributed by atoms with van der Waals surface area (Å²) in [6.07, 6.45) is 9.37. The van der Waals surface area contributed by atoms with Crippen LogP contribution in [0.2, 0.25) is 0 Å². The summed E-state index contributed by atoms with van der Waals surface area (Å²) in [4.78, 5) is 8.11. The van der Waals surface area contributed by atoms with Gasteiger partial charge in [-0.25, -0.2) is 9.97 Å². The molecule has 4 rings (SSSR count). The van der Waals surface area contributed by atoms with E-state index in [1.165, 1.54) is 6.33 Å². The number of anilines is 3. The van der Waals surface area contributed by atoms with Crippen molar-refractivity contribution in [2.45, 2.75) is 51.5 Å². The van der Waals surface area contributed by atoms with Gasteiger partial charge in [0, 0.05) is 18.0 Å². The molecule has 130 valence electrons. The van der Waals surface area contributed by atoms with E-state index in [0.717, 1.165) is 54.3 Å². The van der Waals surface area contributed by atoms with E-state index in [0.29, 0.717) is 12.0 Å². The highest BCUT2D eigenvalue weighted by Crippen LogP contribution is 2.39. The molecule has 1 aliphatic carbocycles. The molecule has 0 spiro atoms. The highest BCUT2D eigenvalue weighted by atomic mass is 15.4. The maximum Gasteiger partial charge on any atom is 0.201 e. The first-order valence-corrected chi connectivity index (χ1v) is 8.83. The minimum Gasteiger partial charge on any atom is -0.366 e. The maximum absolute atomic E-state index is 4.74. The van der Waals surface area contributed by atoms with Crippen LogP contribution in [0.3, 0.4) is 0 Å². The number of nitrogens with zero attached hydrogens (tertiary/aromatic N) is 6. The zero-order chi connectivity index (χ0) is 17.2. The van der Waals surface area contributed by atoms with Gasteiger partial charge in [0.2, 0.25) is 5.65 Å². The molecule has 0 unspecified atom stereocenters. The van der Waals surface area contributed by atoms with Crippen molar-refractivity contribution in [1.29, 1.82) is 0 Å². The Kier molecular flexibility index (Phi) is 4.17. The van der Waals surface area contributed by atoms with E-state index < -0.39 is 0 Å². The Morgan fingerprint density at radius 2 is 1.92 bits per heavy atom. The highest BCUT2D eigenvalue weighted by Gasteiger charge is 2.30. The average molecular weight is 338 g/mol. The number of hydrogen-bond acceptors (Lipinski definition) is 7. The SMILES string of the molecule is CCC(CC)Nc1cc(Nc2cncnc2)c2nnc(C3CC3)n2n1. The smallest absolute Gasteiger partial charge is 0.201 e. The van der Waals surface area contributed by atoms with Crippen LogP contribution >= 0.6 is 0 Å². The fraction of sp³-hybridized carbons (Fsp3) is 0.471. The van der Waals surface area contributed by atoms with Crippen LogP contribution < -0.4 is 10.6 Å². The molecule has 0 aliphatic heterocycles. The summed E-state index contributed by atoms with van der Waals surface area (Å²) in [6.45, 7) is 4.35. The van der Waals surface area contributed by atoms with Crippen molar-refractivity contribution in [3.05, 3.63) is 30.6 Å². The molecule has 2 N–H and O–H groups in total. The third-order valence-corrected chi connectivity index (χ3v) is 4.51. The van der Waals surface area contributed by atoms with E-state index >= 15 is 0 Å². The molecule has 3 heterocycles. The van der Waals surface area contributed by atoms with E-state index in [-0.39, 0.29) is 0 Å². The molecule has 1 saturated carbocycles. The van der Waals surface area contributed by atoms with E-state index in [2.05, 4.69) is 44.6 Å². The van der Waals surface area contributed by atoms with Gasteiger partial charge < -0.3 is 10.6 Å². The molecule has 0 radical (unpaired) electrons. The van der Waals surface area contributed by atoms with Gasteiger partial charge in [-0.3, -0.25) is 0 Å². The Bertz CT molecular complexity index is 852. The predicted octanol–water partition coefficient (Wildman–Crippen LogP) is 3.14. The first-order chi connectivity index (χ1) is 12.3. The van der Waals surface area contributed by atoms with Crippen LogP contribution in [-0.2, 0) is 0 Å². The topological polar surface area (TPSA) is 92.9 Å². The highest BCUT2D eigenvalue weighted by molar-refractivity contribution is 5.75. The second-order valence-corrected chi connectivity index (χ2v) is 6.42. The Balaban J connectivity index is 1.76. The van der Waals surface area contributed by atoms with E-state index in [9.17, 15) is 0 Å². The third-order valence-electron chi connectivity index (χ3n) is 4.51. The third kappa shape index (κ3) is 3.24. The van der Waals surface area contributed by atoms with Gasteiger partial charge >= 0.3 is 0 Å². The van der Waals surface area contributed by atoms with Crippen LogP contribution in [0.4, 0.5) is 17.2 Å². The molecule has 1 fully saturated rings. The summed E-state index contributed by atoms with van der Waals surface area (Å²) >= 11 is 0. The Hall–Kier alpha value is -2.77. The summed E-state index contributed by atoms with van der Waals surface area (Å²) in [6, 6.07) is 2.37. The minimum atomic E-state index is 0.388. The fourth-order valence-electron chi connectivity index (χ4n) is 2.88. The largest absolute Gasteiger partial charge is 0.366 e. The van der Waals surface area contributed by atoms with Gasteiger partial charge in [-0.15, -0.1) is 15.3 Å². The molecule has 25 heavy (non-hydrogen) atoms. The van der Waals surface area contributed by atoms with E-state index in [4.69, 9.17) is 5.10 Å². The predicted molar refractivity (Wildman–Crippen MR) is 96.1 cm³/mol. The number of aromatic nitrogens is 6. The summed E-state index contributed by atoms with van der Waals surface area (Å²) < 4.78 is 1.87. The number of fused-ring (bicyclic) bond motifs is 1. The zero-order valence-corrected chi connectivity index (χ0v) is 14.5. The summed E-state index contributed by atoms with van der Waals surface area (Å²) in [7, 11) is 0. The molecule has 0 atom stereocenters. The quantitative estimate of drug-likeness (QED) is 0.683. The lowest BCUT2D eigenvalue weighted by atomic mass is 10.2. The van der Waals surface area contributed by atoms with Gasteiger partial charge in [-0.05, 0) is 25.7 Å². The van der Waals surface area contributed by atoms with Gasteiger partial charge in [-0.1, -0.05) is 13.8 Å². The molecular weight excluding hydrogens is 316 g/mol. The van der Waals surface area contributed by atoms with Crippen LogP contribution in [0.5, 0.6) is 0 Å². The summed E-state index contributed by atoms with van der Waals surface area (Å²) in [5.41, 5.74) is 2.37. The van der Waals surface area contributed by atoms with Crippen molar-refractivity contribution in [1.82, 2.24) is 29.8 Å². The van der Waals surface area contributed by atoms with E-state index in [1.54, 1.807) is 12.4 Å². The standard InChI is InChI=1S/C17H22N8/c1-3-12(4-2)21-15-7-14(20-13-8-18-10-19-9-13)17-23-22-16(11-5-6-11)25(17)24-15/h7-12,20H,3-6H2,1-2H3,(H,21,24).